The molecule has 10 heavy (non-hydrogen) atoms. The van der Waals surface area contributed by atoms with E-state index in [1.54, 1.807) is 0 Å². The van der Waals surface area contributed by atoms with E-state index in [9.17, 15) is 0 Å². The smallest absolute Gasteiger partial charge is 0.0108 e. The van der Waals surface area contributed by atoms with Crippen LogP contribution in [-0.2, 0) is 0 Å². The molecule has 0 atom stereocenters. The molecule has 0 radical (unpaired) electrons. The summed E-state index contributed by atoms with van der Waals surface area (Å²) in [5.41, 5.74) is 4.36. The second-order valence-corrected chi connectivity index (χ2v) is 7.14. The van der Waals surface area contributed by atoms with Gasteiger partial charge in [-0.15, -0.1) is 5.67 Å². The molecule has 0 amide bonds. The van der Waals surface area contributed by atoms with Crippen molar-refractivity contribution in [1.82, 2.24) is 0 Å². The molecule has 0 aromatic heterocycles. The maximum atomic E-state index is 2.54. The van der Waals surface area contributed by atoms with Crippen molar-refractivity contribution in [2.45, 2.75) is 52.1 Å². The molecule has 0 N–H and O–H groups in total. The molecule has 0 aromatic carbocycles. The van der Waals surface area contributed by atoms with Crippen molar-refractivity contribution in [2.24, 2.45) is 0 Å². The van der Waals surface area contributed by atoms with Crippen LogP contribution in [0.1, 0.15) is 41.0 Å². The van der Waals surface area contributed by atoms with Gasteiger partial charge < -0.3 is 0 Å². The van der Waals surface area contributed by atoms with Gasteiger partial charge in [-0.2, -0.15) is 0 Å². The zero-order valence-corrected chi connectivity index (χ0v) is 8.94. The first-order valence-electron chi connectivity index (χ1n) is 4.29. The molecule has 60 valence electrons. The molecule has 0 nitrogen and oxygen atoms in total. The molecule has 0 rings (SSSR count). The van der Waals surface area contributed by atoms with Crippen LogP contribution in [0.4, 0.5) is 0 Å². The molecular weight excluding hydrogens is 136 g/mol. The molecule has 0 aliphatic heterocycles. The first-order chi connectivity index (χ1) is 4.59. The molecule has 0 saturated heterocycles. The van der Waals surface area contributed by atoms with E-state index in [0.717, 1.165) is 11.1 Å². The second kappa shape index (κ2) is 4.83. The van der Waals surface area contributed by atoms with Crippen LogP contribution >= 0.6 is 0 Å². The van der Waals surface area contributed by atoms with E-state index < -0.39 is 0 Å². The van der Waals surface area contributed by atoms with E-state index in [4.69, 9.17) is 0 Å². The van der Waals surface area contributed by atoms with Gasteiger partial charge in [0.05, 0.1) is 0 Å². The van der Waals surface area contributed by atoms with Gasteiger partial charge >= 0.3 is 0 Å². The molecule has 0 saturated carbocycles. The third-order valence-corrected chi connectivity index (χ3v) is 5.32. The van der Waals surface area contributed by atoms with Gasteiger partial charge in [-0.05, 0) is 17.5 Å². The minimum atomic E-state index is -0.155. The Hall–Kier alpha value is 0.0869. The van der Waals surface area contributed by atoms with Gasteiger partial charge in [0.15, 0.2) is 0 Å². The average Bonchev–Trinajstić information content (AvgIpc) is 1.81. The summed E-state index contributed by atoms with van der Waals surface area (Å²) in [5.74, 6) is 0. The van der Waals surface area contributed by atoms with E-state index in [-0.39, 0.29) is 8.41 Å². The highest BCUT2D eigenvalue weighted by Crippen LogP contribution is 2.13. The quantitative estimate of drug-likeness (QED) is 0.551. The zero-order chi connectivity index (χ0) is 8.15. The zero-order valence-electron chi connectivity index (χ0n) is 7.94. The van der Waals surface area contributed by atoms with E-state index in [1.165, 1.54) is 6.42 Å². The number of hydrogen-bond acceptors (Lipinski definition) is 0. The van der Waals surface area contributed by atoms with Gasteiger partial charge in [0.2, 0.25) is 0 Å². The summed E-state index contributed by atoms with van der Waals surface area (Å²) >= 11 is 0. The minimum Gasteiger partial charge on any atom is -0.104 e. The minimum absolute atomic E-state index is 0.155. The summed E-state index contributed by atoms with van der Waals surface area (Å²) in [4.78, 5) is 0. The fraction of sp³-hybridized carbons (Fsp3) is 0.889. The molecular formula is C9H20Si. The third kappa shape index (κ3) is 3.30. The lowest BCUT2D eigenvalue weighted by molar-refractivity contribution is 0.963. The first kappa shape index (κ1) is 10.1. The van der Waals surface area contributed by atoms with Crippen LogP contribution in [-0.4, -0.2) is 14.1 Å². The molecule has 0 bridgehead atoms. The van der Waals surface area contributed by atoms with Gasteiger partial charge in [-0.1, -0.05) is 34.6 Å². The third-order valence-electron chi connectivity index (χ3n) is 1.77. The van der Waals surface area contributed by atoms with Crippen LogP contribution in [0, 0.1) is 0 Å². The van der Waals surface area contributed by atoms with Crippen molar-refractivity contribution >= 4 is 14.1 Å². The maximum absolute atomic E-state index is 2.54. The van der Waals surface area contributed by atoms with Gasteiger partial charge in [-0.3, -0.25) is 0 Å². The Labute approximate surface area is 66.9 Å². The lowest BCUT2D eigenvalue weighted by Crippen LogP contribution is -2.13. The van der Waals surface area contributed by atoms with Gasteiger partial charge in [0, 0.05) is 8.41 Å². The number of hydrogen-bond donors (Lipinski definition) is 0. The van der Waals surface area contributed by atoms with Gasteiger partial charge in [0.1, 0.15) is 0 Å². The van der Waals surface area contributed by atoms with Gasteiger partial charge in [0.25, 0.3) is 0 Å². The van der Waals surface area contributed by atoms with Crippen molar-refractivity contribution in [3.63, 3.8) is 0 Å². The lowest BCUT2D eigenvalue weighted by Gasteiger charge is -2.13. The molecule has 0 fully saturated rings. The van der Waals surface area contributed by atoms with Crippen LogP contribution in [0.2, 0.25) is 11.1 Å². The van der Waals surface area contributed by atoms with E-state index in [1.807, 2.05) is 0 Å². The molecule has 1 heteroatoms. The molecule has 0 spiro atoms. The summed E-state index contributed by atoms with van der Waals surface area (Å²) in [6.45, 7) is 11.6. The molecule has 0 aliphatic rings. The van der Waals surface area contributed by atoms with E-state index >= 15 is 0 Å². The molecule has 0 aliphatic carbocycles. The Kier molecular flexibility index (Phi) is 4.88. The summed E-state index contributed by atoms with van der Waals surface area (Å²) < 4.78 is 0. The average molecular weight is 156 g/mol. The van der Waals surface area contributed by atoms with Crippen molar-refractivity contribution in [3.05, 3.63) is 0 Å². The maximum Gasteiger partial charge on any atom is 0.0108 e. The largest absolute Gasteiger partial charge is 0.104 e. The monoisotopic (exact) mass is 156 g/mol. The van der Waals surface area contributed by atoms with Crippen LogP contribution in [0.25, 0.3) is 0 Å². The summed E-state index contributed by atoms with van der Waals surface area (Å²) in [7, 11) is -0.155. The Balaban J connectivity index is 4.12. The predicted octanol–water partition coefficient (Wildman–Crippen LogP) is 3.10. The van der Waals surface area contributed by atoms with Crippen molar-refractivity contribution in [1.29, 1.82) is 0 Å². The van der Waals surface area contributed by atoms with Crippen LogP contribution in [0.15, 0.2) is 0 Å². The molecule has 0 heterocycles. The summed E-state index contributed by atoms with van der Waals surface area (Å²) in [5, 5.41) is 0. The second-order valence-electron chi connectivity index (χ2n) is 3.42. The van der Waals surface area contributed by atoms with Crippen molar-refractivity contribution < 1.29 is 0 Å². The van der Waals surface area contributed by atoms with Crippen LogP contribution < -0.4 is 0 Å². The topological polar surface area (TPSA) is 0 Å². The highest BCUT2D eigenvalue weighted by molar-refractivity contribution is 6.68. The van der Waals surface area contributed by atoms with E-state index in [0.29, 0.717) is 0 Å². The highest BCUT2D eigenvalue weighted by atomic mass is 28.2. The first-order valence-corrected chi connectivity index (χ1v) is 6.02. The fourth-order valence-electron chi connectivity index (χ4n) is 1.37. The summed E-state index contributed by atoms with van der Waals surface area (Å²) in [6, 6.07) is 0. The highest BCUT2D eigenvalue weighted by Gasteiger charge is 2.07. The molecule has 0 unspecified atom stereocenters. The predicted molar refractivity (Wildman–Crippen MR) is 52.3 cm³/mol. The fourth-order valence-corrected chi connectivity index (χ4v) is 4.12. The summed E-state index contributed by atoms with van der Waals surface area (Å²) in [6.07, 6.45) is 1.25. The molecule has 0 aromatic rings. The normalized spacial score (nSPS) is 10.7. The standard InChI is InChI=1S/C9H20Si/c1-6-7-10(8(2)3)9(4)5/h7-9H,6H2,1-5H3. The van der Waals surface area contributed by atoms with Crippen molar-refractivity contribution in [3.8, 4) is 0 Å². The lowest BCUT2D eigenvalue weighted by atomic mass is 10.5. The number of rotatable bonds is 3. The Bertz CT molecular complexity index is 102. The van der Waals surface area contributed by atoms with Crippen LogP contribution in [0.3, 0.4) is 0 Å². The Morgan fingerprint density at radius 3 is 1.60 bits per heavy atom. The van der Waals surface area contributed by atoms with Gasteiger partial charge in [-0.25, -0.2) is 0 Å². The Morgan fingerprint density at radius 2 is 1.50 bits per heavy atom. The Morgan fingerprint density at radius 1 is 1.10 bits per heavy atom. The van der Waals surface area contributed by atoms with E-state index in [2.05, 4.69) is 40.3 Å². The van der Waals surface area contributed by atoms with Crippen molar-refractivity contribution in [2.75, 3.05) is 0 Å². The van der Waals surface area contributed by atoms with Crippen LogP contribution in [0.5, 0.6) is 0 Å². The SMILES string of the molecule is CCC=[Si](C(C)C)C(C)C.